The van der Waals surface area contributed by atoms with Crippen LogP contribution in [0, 0.1) is 10.1 Å². The van der Waals surface area contributed by atoms with E-state index in [-0.39, 0.29) is 18.2 Å². The lowest BCUT2D eigenvalue weighted by Crippen LogP contribution is -2.03. The molecular formula is C14H12ClNO4. The van der Waals surface area contributed by atoms with Crippen LogP contribution in [-0.2, 0) is 11.3 Å². The van der Waals surface area contributed by atoms with Gasteiger partial charge in [0.2, 0.25) is 0 Å². The molecule has 0 atom stereocenters. The van der Waals surface area contributed by atoms with Crippen LogP contribution in [0.4, 0.5) is 5.69 Å². The molecule has 2 rings (SSSR count). The maximum atomic E-state index is 10.7. The van der Waals surface area contributed by atoms with Crippen molar-refractivity contribution in [2.75, 3.05) is 6.79 Å². The molecule has 0 fully saturated rings. The summed E-state index contributed by atoms with van der Waals surface area (Å²) in [7, 11) is 0. The van der Waals surface area contributed by atoms with Crippen molar-refractivity contribution in [3.63, 3.8) is 0 Å². The number of ether oxygens (including phenoxy) is 2. The first-order chi connectivity index (χ1) is 9.66. The average molecular weight is 294 g/mol. The SMILES string of the molecule is O=[N+]([O-])c1ccc(Cl)c(OCOCc2ccccc2)c1. The Morgan fingerprint density at radius 2 is 1.90 bits per heavy atom. The molecule has 0 heterocycles. The van der Waals surface area contributed by atoms with Gasteiger partial charge >= 0.3 is 0 Å². The van der Waals surface area contributed by atoms with Crippen LogP contribution in [0.25, 0.3) is 0 Å². The van der Waals surface area contributed by atoms with E-state index >= 15 is 0 Å². The first-order valence-corrected chi connectivity index (χ1v) is 6.23. The Bertz CT molecular complexity index is 589. The van der Waals surface area contributed by atoms with Crippen LogP contribution < -0.4 is 4.74 Å². The van der Waals surface area contributed by atoms with Crippen LogP contribution in [0.3, 0.4) is 0 Å². The summed E-state index contributed by atoms with van der Waals surface area (Å²) in [6.07, 6.45) is 0. The van der Waals surface area contributed by atoms with Gasteiger partial charge in [-0.2, -0.15) is 0 Å². The lowest BCUT2D eigenvalue weighted by Gasteiger charge is -2.08. The minimum Gasteiger partial charge on any atom is -0.466 e. The fraction of sp³-hybridized carbons (Fsp3) is 0.143. The zero-order valence-corrected chi connectivity index (χ0v) is 11.2. The number of benzene rings is 2. The van der Waals surface area contributed by atoms with Crippen LogP contribution in [0.1, 0.15) is 5.56 Å². The lowest BCUT2D eigenvalue weighted by atomic mass is 10.2. The van der Waals surface area contributed by atoms with Gasteiger partial charge in [0.15, 0.2) is 6.79 Å². The second-order valence-corrected chi connectivity index (χ2v) is 4.38. The van der Waals surface area contributed by atoms with Gasteiger partial charge in [-0.1, -0.05) is 41.9 Å². The number of nitrogens with zero attached hydrogens (tertiary/aromatic N) is 1. The molecule has 0 unspecified atom stereocenters. The fourth-order valence-electron chi connectivity index (χ4n) is 1.56. The van der Waals surface area contributed by atoms with Crippen LogP contribution in [0.2, 0.25) is 5.02 Å². The monoisotopic (exact) mass is 293 g/mol. The molecule has 0 N–H and O–H groups in total. The molecule has 0 bridgehead atoms. The van der Waals surface area contributed by atoms with E-state index in [0.717, 1.165) is 5.56 Å². The van der Waals surface area contributed by atoms with Crippen LogP contribution >= 0.6 is 11.6 Å². The number of halogens is 1. The predicted octanol–water partition coefficient (Wildman–Crippen LogP) is 3.80. The van der Waals surface area contributed by atoms with Gasteiger partial charge in [-0.15, -0.1) is 0 Å². The highest BCUT2D eigenvalue weighted by Crippen LogP contribution is 2.28. The molecule has 0 aromatic heterocycles. The molecule has 0 aliphatic rings. The molecule has 0 saturated heterocycles. The van der Waals surface area contributed by atoms with Crippen molar-refractivity contribution in [2.24, 2.45) is 0 Å². The van der Waals surface area contributed by atoms with Gasteiger partial charge in [0.1, 0.15) is 5.75 Å². The quantitative estimate of drug-likeness (QED) is 0.352. The van der Waals surface area contributed by atoms with Crippen molar-refractivity contribution in [3.8, 4) is 5.75 Å². The molecule has 2 aromatic carbocycles. The van der Waals surface area contributed by atoms with E-state index in [4.69, 9.17) is 21.1 Å². The van der Waals surface area contributed by atoms with Gasteiger partial charge in [-0.05, 0) is 11.6 Å². The molecular weight excluding hydrogens is 282 g/mol. The predicted molar refractivity (Wildman–Crippen MR) is 74.8 cm³/mol. The van der Waals surface area contributed by atoms with E-state index in [1.807, 2.05) is 30.3 Å². The van der Waals surface area contributed by atoms with Crippen molar-refractivity contribution in [2.45, 2.75) is 6.61 Å². The van der Waals surface area contributed by atoms with Crippen molar-refractivity contribution in [1.29, 1.82) is 0 Å². The summed E-state index contributed by atoms with van der Waals surface area (Å²) < 4.78 is 10.6. The summed E-state index contributed by atoms with van der Waals surface area (Å²) >= 11 is 5.89. The van der Waals surface area contributed by atoms with Crippen LogP contribution in [0.15, 0.2) is 48.5 Å². The number of rotatable bonds is 6. The van der Waals surface area contributed by atoms with E-state index in [1.165, 1.54) is 18.2 Å². The molecule has 0 saturated carbocycles. The van der Waals surface area contributed by atoms with Gasteiger partial charge in [-0.25, -0.2) is 0 Å². The second-order valence-electron chi connectivity index (χ2n) is 3.97. The summed E-state index contributed by atoms with van der Waals surface area (Å²) in [6.45, 7) is 0.364. The number of hydrogen-bond donors (Lipinski definition) is 0. The Morgan fingerprint density at radius 3 is 2.60 bits per heavy atom. The van der Waals surface area contributed by atoms with Crippen molar-refractivity contribution in [3.05, 3.63) is 69.2 Å². The Hall–Kier alpha value is -2.11. The maximum absolute atomic E-state index is 10.7. The minimum atomic E-state index is -0.506. The number of hydrogen-bond acceptors (Lipinski definition) is 4. The molecule has 0 aliphatic heterocycles. The molecule has 0 aliphatic carbocycles. The molecule has 104 valence electrons. The Morgan fingerprint density at radius 1 is 1.15 bits per heavy atom. The largest absolute Gasteiger partial charge is 0.466 e. The highest BCUT2D eigenvalue weighted by molar-refractivity contribution is 6.32. The summed E-state index contributed by atoms with van der Waals surface area (Å²) in [5.74, 6) is 0.230. The molecule has 0 spiro atoms. The van der Waals surface area contributed by atoms with Gasteiger partial charge < -0.3 is 9.47 Å². The fourth-order valence-corrected chi connectivity index (χ4v) is 1.73. The molecule has 0 amide bonds. The Balaban J connectivity index is 1.88. The van der Waals surface area contributed by atoms with Crippen LogP contribution in [0.5, 0.6) is 5.75 Å². The zero-order chi connectivity index (χ0) is 14.4. The molecule has 2 aromatic rings. The van der Waals surface area contributed by atoms with E-state index in [2.05, 4.69) is 0 Å². The Kier molecular flexibility index (Phi) is 4.92. The third-order valence-corrected chi connectivity index (χ3v) is 2.85. The minimum absolute atomic E-state index is 0.0320. The summed E-state index contributed by atoms with van der Waals surface area (Å²) in [4.78, 5) is 10.1. The maximum Gasteiger partial charge on any atom is 0.273 e. The zero-order valence-electron chi connectivity index (χ0n) is 10.5. The molecule has 20 heavy (non-hydrogen) atoms. The first kappa shape index (κ1) is 14.3. The molecule has 0 radical (unpaired) electrons. The van der Waals surface area contributed by atoms with E-state index in [1.54, 1.807) is 0 Å². The summed E-state index contributed by atoms with van der Waals surface area (Å²) in [5.41, 5.74) is 0.939. The standard InChI is InChI=1S/C14H12ClNO4/c15-13-7-6-12(16(17)18)8-14(13)20-10-19-9-11-4-2-1-3-5-11/h1-8H,9-10H2. The molecule has 6 heteroatoms. The van der Waals surface area contributed by atoms with Gasteiger partial charge in [0.25, 0.3) is 5.69 Å². The van der Waals surface area contributed by atoms with Gasteiger partial charge in [0, 0.05) is 6.07 Å². The normalized spacial score (nSPS) is 10.2. The highest BCUT2D eigenvalue weighted by atomic mass is 35.5. The molecule has 5 nitrogen and oxygen atoms in total. The topological polar surface area (TPSA) is 61.6 Å². The number of nitro benzene ring substituents is 1. The van der Waals surface area contributed by atoms with E-state index < -0.39 is 4.92 Å². The first-order valence-electron chi connectivity index (χ1n) is 5.85. The van der Waals surface area contributed by atoms with E-state index in [9.17, 15) is 10.1 Å². The summed E-state index contributed by atoms with van der Waals surface area (Å²) in [5, 5.41) is 11.0. The third-order valence-electron chi connectivity index (χ3n) is 2.53. The second kappa shape index (κ2) is 6.88. The highest BCUT2D eigenvalue weighted by Gasteiger charge is 2.10. The average Bonchev–Trinajstić information content (AvgIpc) is 2.46. The van der Waals surface area contributed by atoms with Gasteiger partial charge in [-0.3, -0.25) is 10.1 Å². The lowest BCUT2D eigenvalue weighted by molar-refractivity contribution is -0.385. The van der Waals surface area contributed by atoms with Crippen molar-refractivity contribution < 1.29 is 14.4 Å². The van der Waals surface area contributed by atoms with Gasteiger partial charge in [0.05, 0.1) is 22.6 Å². The van der Waals surface area contributed by atoms with Crippen LogP contribution in [-0.4, -0.2) is 11.7 Å². The number of nitro groups is 1. The number of non-ortho nitro benzene ring substituents is 1. The Labute approximate surface area is 120 Å². The summed E-state index contributed by atoms with van der Waals surface area (Å²) in [6, 6.07) is 13.6. The van der Waals surface area contributed by atoms with Crippen molar-refractivity contribution in [1.82, 2.24) is 0 Å². The smallest absolute Gasteiger partial charge is 0.273 e. The van der Waals surface area contributed by atoms with Crippen molar-refractivity contribution >= 4 is 17.3 Å². The van der Waals surface area contributed by atoms with E-state index in [0.29, 0.717) is 11.6 Å². The third kappa shape index (κ3) is 3.94.